The number of aromatic hydroxyl groups is 1. The number of phenols is 1. The predicted octanol–water partition coefficient (Wildman–Crippen LogP) is 4.79. The fourth-order valence-corrected chi connectivity index (χ4v) is 2.02. The van der Waals surface area contributed by atoms with Crippen LogP contribution in [0.5, 0.6) is 28.7 Å². The number of carbonyl (C=O) groups is 1. The van der Waals surface area contributed by atoms with Gasteiger partial charge in [-0.25, -0.2) is 0 Å². The molecule has 0 aliphatic carbocycles. The molecule has 1 N–H and O–H groups in total. The van der Waals surface area contributed by atoms with Gasteiger partial charge in [-0.3, -0.25) is 4.79 Å². The van der Waals surface area contributed by atoms with Gasteiger partial charge in [-0.2, -0.15) is 0 Å². The molecule has 0 heterocycles. The first-order valence-electron chi connectivity index (χ1n) is 7.03. The summed E-state index contributed by atoms with van der Waals surface area (Å²) in [6, 6.07) is 21.1. The van der Waals surface area contributed by atoms with E-state index in [4.69, 9.17) is 9.47 Å². The molecular weight excluding hydrogens is 292 g/mol. The molecule has 3 aromatic rings. The predicted molar refractivity (Wildman–Crippen MR) is 86.5 cm³/mol. The summed E-state index contributed by atoms with van der Waals surface area (Å²) in [4.78, 5) is 10.7. The molecule has 23 heavy (non-hydrogen) atoms. The van der Waals surface area contributed by atoms with Crippen LogP contribution in [0.2, 0.25) is 0 Å². The van der Waals surface area contributed by atoms with Gasteiger partial charge in [0.05, 0.1) is 5.56 Å². The summed E-state index contributed by atoms with van der Waals surface area (Å²) in [6.45, 7) is 0. The molecule has 0 bridgehead atoms. The van der Waals surface area contributed by atoms with Crippen molar-refractivity contribution in [3.63, 3.8) is 0 Å². The Bertz CT molecular complexity index is 795. The number of hydrogen-bond donors (Lipinski definition) is 1. The molecule has 4 nitrogen and oxygen atoms in total. The summed E-state index contributed by atoms with van der Waals surface area (Å²) in [5, 5.41) is 9.65. The normalized spacial score (nSPS) is 10.1. The molecule has 0 aliphatic heterocycles. The minimum atomic E-state index is -0.110. The van der Waals surface area contributed by atoms with Crippen LogP contribution in [0.1, 0.15) is 10.4 Å². The largest absolute Gasteiger partial charge is 0.507 e. The second-order valence-electron chi connectivity index (χ2n) is 4.83. The molecule has 0 spiro atoms. The first-order chi connectivity index (χ1) is 11.2. The van der Waals surface area contributed by atoms with Crippen LogP contribution in [0, 0.1) is 0 Å². The fourth-order valence-electron chi connectivity index (χ4n) is 2.02. The van der Waals surface area contributed by atoms with E-state index in [9.17, 15) is 9.90 Å². The number of benzene rings is 3. The Morgan fingerprint density at radius 2 is 1.22 bits per heavy atom. The van der Waals surface area contributed by atoms with E-state index >= 15 is 0 Å². The molecule has 0 unspecified atom stereocenters. The monoisotopic (exact) mass is 306 g/mol. The van der Waals surface area contributed by atoms with Crippen LogP contribution in [-0.2, 0) is 0 Å². The number of para-hydroxylation sites is 1. The van der Waals surface area contributed by atoms with Crippen molar-refractivity contribution in [2.24, 2.45) is 0 Å². The van der Waals surface area contributed by atoms with Crippen LogP contribution in [0.4, 0.5) is 0 Å². The molecule has 4 heteroatoms. The first-order valence-corrected chi connectivity index (χ1v) is 7.03. The van der Waals surface area contributed by atoms with Crippen LogP contribution in [0.25, 0.3) is 0 Å². The van der Waals surface area contributed by atoms with Crippen LogP contribution in [0.3, 0.4) is 0 Å². The van der Waals surface area contributed by atoms with Gasteiger partial charge < -0.3 is 14.6 Å². The van der Waals surface area contributed by atoms with Crippen LogP contribution >= 0.6 is 0 Å². The van der Waals surface area contributed by atoms with Crippen LogP contribution in [-0.4, -0.2) is 11.4 Å². The van der Waals surface area contributed by atoms with Crippen molar-refractivity contribution in [2.45, 2.75) is 0 Å². The lowest BCUT2D eigenvalue weighted by Gasteiger charge is -2.09. The van der Waals surface area contributed by atoms with Crippen molar-refractivity contribution in [3.05, 3.63) is 78.4 Å². The topological polar surface area (TPSA) is 55.8 Å². The van der Waals surface area contributed by atoms with Crippen LogP contribution in [0.15, 0.2) is 72.8 Å². The van der Waals surface area contributed by atoms with E-state index in [-0.39, 0.29) is 11.3 Å². The number of aldehydes is 1. The van der Waals surface area contributed by atoms with E-state index in [1.165, 1.54) is 12.1 Å². The van der Waals surface area contributed by atoms with Gasteiger partial charge in [0.25, 0.3) is 0 Å². The Kier molecular flexibility index (Phi) is 4.25. The average molecular weight is 306 g/mol. The Labute approximate surface area is 133 Å². The Morgan fingerprint density at radius 3 is 1.78 bits per heavy atom. The average Bonchev–Trinajstić information content (AvgIpc) is 2.58. The number of carbonyl (C=O) groups excluding carboxylic acids is 1. The molecule has 3 rings (SSSR count). The van der Waals surface area contributed by atoms with E-state index in [0.29, 0.717) is 23.5 Å². The second-order valence-corrected chi connectivity index (χ2v) is 4.83. The number of rotatable bonds is 5. The minimum absolute atomic E-state index is 0.110. The minimum Gasteiger partial charge on any atom is -0.507 e. The van der Waals surface area contributed by atoms with Crippen molar-refractivity contribution in [3.8, 4) is 28.7 Å². The van der Waals surface area contributed by atoms with Crippen molar-refractivity contribution in [2.75, 3.05) is 0 Å². The summed E-state index contributed by atoms with van der Waals surface area (Å²) in [5.74, 6) is 2.40. The third-order valence-corrected chi connectivity index (χ3v) is 3.17. The zero-order valence-corrected chi connectivity index (χ0v) is 12.2. The Balaban J connectivity index is 1.70. The molecule has 114 valence electrons. The number of hydrogen-bond acceptors (Lipinski definition) is 4. The quantitative estimate of drug-likeness (QED) is 0.689. The van der Waals surface area contributed by atoms with Crippen molar-refractivity contribution in [1.82, 2.24) is 0 Å². The molecule has 0 aliphatic rings. The molecule has 0 fully saturated rings. The lowest BCUT2D eigenvalue weighted by molar-refractivity contribution is 0.112. The van der Waals surface area contributed by atoms with E-state index < -0.39 is 0 Å². The van der Waals surface area contributed by atoms with Gasteiger partial charge in [-0.15, -0.1) is 0 Å². The number of ether oxygens (including phenoxy) is 2. The van der Waals surface area contributed by atoms with Gasteiger partial charge in [-0.1, -0.05) is 18.2 Å². The molecule has 0 radical (unpaired) electrons. The highest BCUT2D eigenvalue weighted by atomic mass is 16.5. The summed E-state index contributed by atoms with van der Waals surface area (Å²) >= 11 is 0. The molecule has 0 amide bonds. The third kappa shape index (κ3) is 3.68. The summed E-state index contributed by atoms with van der Waals surface area (Å²) in [7, 11) is 0. The highest BCUT2D eigenvalue weighted by Crippen LogP contribution is 2.29. The van der Waals surface area contributed by atoms with Gasteiger partial charge in [0.2, 0.25) is 0 Å². The third-order valence-electron chi connectivity index (χ3n) is 3.17. The van der Waals surface area contributed by atoms with Gasteiger partial charge in [0.1, 0.15) is 28.7 Å². The lowest BCUT2D eigenvalue weighted by atomic mass is 10.2. The van der Waals surface area contributed by atoms with Crippen LogP contribution < -0.4 is 9.47 Å². The second kappa shape index (κ2) is 6.66. The first kappa shape index (κ1) is 14.7. The van der Waals surface area contributed by atoms with E-state index in [1.54, 1.807) is 30.3 Å². The van der Waals surface area contributed by atoms with Crippen molar-refractivity contribution >= 4 is 6.29 Å². The van der Waals surface area contributed by atoms with E-state index in [1.807, 2.05) is 30.3 Å². The number of phenolic OH excluding ortho intramolecular Hbond substituents is 1. The maximum Gasteiger partial charge on any atom is 0.153 e. The van der Waals surface area contributed by atoms with Crippen molar-refractivity contribution < 1.29 is 19.4 Å². The maximum atomic E-state index is 10.7. The highest BCUT2D eigenvalue weighted by molar-refractivity contribution is 5.79. The highest BCUT2D eigenvalue weighted by Gasteiger charge is 2.04. The summed E-state index contributed by atoms with van der Waals surface area (Å²) < 4.78 is 11.3. The molecule has 0 aromatic heterocycles. The van der Waals surface area contributed by atoms with Gasteiger partial charge in [-0.05, 0) is 48.5 Å². The molecular formula is C19H14O4. The smallest absolute Gasteiger partial charge is 0.153 e. The summed E-state index contributed by atoms with van der Waals surface area (Å²) in [5.41, 5.74) is 0.226. The van der Waals surface area contributed by atoms with Gasteiger partial charge in [0.15, 0.2) is 6.29 Å². The SMILES string of the molecule is O=Cc1ccc(Oc2ccc(Oc3ccccc3)cc2)cc1O. The van der Waals surface area contributed by atoms with E-state index in [0.717, 1.165) is 5.75 Å². The fraction of sp³-hybridized carbons (Fsp3) is 0. The van der Waals surface area contributed by atoms with E-state index in [2.05, 4.69) is 0 Å². The van der Waals surface area contributed by atoms with Gasteiger partial charge >= 0.3 is 0 Å². The Morgan fingerprint density at radius 1 is 0.696 bits per heavy atom. The van der Waals surface area contributed by atoms with Gasteiger partial charge in [0, 0.05) is 6.07 Å². The molecule has 0 atom stereocenters. The molecule has 3 aromatic carbocycles. The standard InChI is InChI=1S/C19H14O4/c20-13-14-6-7-18(12-19(14)21)23-17-10-8-16(9-11-17)22-15-4-2-1-3-5-15/h1-13,21H. The molecule has 0 saturated heterocycles. The molecule has 0 saturated carbocycles. The Hall–Kier alpha value is -3.27. The zero-order valence-electron chi connectivity index (χ0n) is 12.2. The maximum absolute atomic E-state index is 10.7. The zero-order chi connectivity index (χ0) is 16.1. The van der Waals surface area contributed by atoms with Crippen molar-refractivity contribution in [1.29, 1.82) is 0 Å². The lowest BCUT2D eigenvalue weighted by Crippen LogP contribution is -1.87. The summed E-state index contributed by atoms with van der Waals surface area (Å²) in [6.07, 6.45) is 0.592.